The Labute approximate surface area is 118 Å². The molecule has 0 fully saturated rings. The lowest BCUT2D eigenvalue weighted by atomic mass is 10.2. The van der Waals surface area contributed by atoms with Crippen molar-refractivity contribution >= 4 is 11.6 Å². The van der Waals surface area contributed by atoms with Gasteiger partial charge in [0.15, 0.2) is 0 Å². The molecule has 0 saturated carbocycles. The molecule has 2 aromatic rings. The van der Waals surface area contributed by atoms with Crippen LogP contribution in [0.4, 0.5) is 5.69 Å². The van der Waals surface area contributed by atoms with Crippen molar-refractivity contribution in [3.63, 3.8) is 0 Å². The highest BCUT2D eigenvalue weighted by Gasteiger charge is 2.04. The summed E-state index contributed by atoms with van der Waals surface area (Å²) in [5.74, 6) is 0.775. The number of amides is 1. The molecule has 0 bridgehead atoms. The maximum Gasteiger partial charge on any atom is 0.228 e. The van der Waals surface area contributed by atoms with Crippen LogP contribution < -0.4 is 10.1 Å². The smallest absolute Gasteiger partial charge is 0.228 e. The summed E-state index contributed by atoms with van der Waals surface area (Å²) in [6.07, 6.45) is 4.69. The van der Waals surface area contributed by atoms with E-state index >= 15 is 0 Å². The fourth-order valence-electron chi connectivity index (χ4n) is 1.75. The Morgan fingerprint density at radius 3 is 2.50 bits per heavy atom. The first-order chi connectivity index (χ1) is 9.78. The first-order valence-corrected chi connectivity index (χ1v) is 6.69. The second-order valence-corrected chi connectivity index (χ2v) is 4.45. The molecular formula is C16H18N2O2. The average Bonchev–Trinajstić information content (AvgIpc) is 2.47. The van der Waals surface area contributed by atoms with E-state index in [-0.39, 0.29) is 5.91 Å². The minimum absolute atomic E-state index is 0.0431. The number of nitrogens with zero attached hydrogens (tertiary/aromatic N) is 1. The van der Waals surface area contributed by atoms with E-state index in [9.17, 15) is 4.79 Å². The predicted molar refractivity (Wildman–Crippen MR) is 78.8 cm³/mol. The Morgan fingerprint density at radius 1 is 1.15 bits per heavy atom. The van der Waals surface area contributed by atoms with Gasteiger partial charge in [0, 0.05) is 18.1 Å². The molecule has 1 amide bonds. The van der Waals surface area contributed by atoms with Crippen molar-refractivity contribution in [3.05, 3.63) is 54.4 Å². The summed E-state index contributed by atoms with van der Waals surface area (Å²) < 4.78 is 5.49. The fourth-order valence-corrected chi connectivity index (χ4v) is 1.75. The van der Waals surface area contributed by atoms with Crippen LogP contribution in [0.1, 0.15) is 18.9 Å². The molecule has 0 spiro atoms. The van der Waals surface area contributed by atoms with Crippen LogP contribution in [-0.4, -0.2) is 17.5 Å². The van der Waals surface area contributed by atoms with Crippen LogP contribution in [0.5, 0.6) is 5.75 Å². The van der Waals surface area contributed by atoms with Gasteiger partial charge in [-0.05, 0) is 48.4 Å². The second kappa shape index (κ2) is 7.28. The van der Waals surface area contributed by atoms with E-state index in [1.807, 2.05) is 36.4 Å². The maximum absolute atomic E-state index is 11.9. The van der Waals surface area contributed by atoms with Gasteiger partial charge in [-0.2, -0.15) is 0 Å². The van der Waals surface area contributed by atoms with E-state index in [1.165, 1.54) is 0 Å². The number of benzene rings is 1. The molecule has 0 radical (unpaired) electrons. The Balaban J connectivity index is 1.88. The highest BCUT2D eigenvalue weighted by molar-refractivity contribution is 5.92. The lowest BCUT2D eigenvalue weighted by Gasteiger charge is -2.07. The standard InChI is InChI=1S/C16H18N2O2/c1-2-11-20-15-5-3-14(4-6-15)18-16(19)12-13-7-9-17-10-8-13/h3-10H,2,11-12H2,1H3,(H,18,19). The van der Waals surface area contributed by atoms with Gasteiger partial charge in [0.2, 0.25) is 5.91 Å². The third kappa shape index (κ3) is 4.39. The molecule has 0 aliphatic carbocycles. The zero-order valence-corrected chi connectivity index (χ0v) is 11.5. The Bertz CT molecular complexity index is 538. The highest BCUT2D eigenvalue weighted by Crippen LogP contribution is 2.16. The summed E-state index contributed by atoms with van der Waals surface area (Å²) in [6, 6.07) is 11.1. The SMILES string of the molecule is CCCOc1ccc(NC(=O)Cc2ccncc2)cc1. The molecule has 1 aromatic heterocycles. The van der Waals surface area contributed by atoms with Crippen molar-refractivity contribution in [3.8, 4) is 5.75 Å². The van der Waals surface area contributed by atoms with Crippen LogP contribution in [0.2, 0.25) is 0 Å². The lowest BCUT2D eigenvalue weighted by molar-refractivity contribution is -0.115. The van der Waals surface area contributed by atoms with Gasteiger partial charge < -0.3 is 10.1 Å². The van der Waals surface area contributed by atoms with Crippen LogP contribution in [0.15, 0.2) is 48.8 Å². The van der Waals surface area contributed by atoms with Crippen molar-refractivity contribution in [1.82, 2.24) is 4.98 Å². The lowest BCUT2D eigenvalue weighted by Crippen LogP contribution is -2.14. The number of hydrogen-bond donors (Lipinski definition) is 1. The van der Waals surface area contributed by atoms with E-state index in [4.69, 9.17) is 4.74 Å². The summed E-state index contributed by atoms with van der Waals surface area (Å²) in [5.41, 5.74) is 1.72. The van der Waals surface area contributed by atoms with E-state index in [0.29, 0.717) is 13.0 Å². The maximum atomic E-state index is 11.9. The van der Waals surface area contributed by atoms with Crippen LogP contribution in [0, 0.1) is 0 Å². The van der Waals surface area contributed by atoms with E-state index in [0.717, 1.165) is 23.4 Å². The predicted octanol–water partition coefficient (Wildman–Crippen LogP) is 3.05. The van der Waals surface area contributed by atoms with E-state index < -0.39 is 0 Å². The number of rotatable bonds is 6. The van der Waals surface area contributed by atoms with E-state index in [2.05, 4.69) is 17.2 Å². The van der Waals surface area contributed by atoms with Gasteiger partial charge in [0.05, 0.1) is 13.0 Å². The minimum Gasteiger partial charge on any atom is -0.494 e. The fraction of sp³-hybridized carbons (Fsp3) is 0.250. The van der Waals surface area contributed by atoms with Crippen molar-refractivity contribution in [2.75, 3.05) is 11.9 Å². The van der Waals surface area contributed by atoms with Gasteiger partial charge >= 0.3 is 0 Å². The molecule has 1 N–H and O–H groups in total. The molecule has 2 rings (SSSR count). The number of ether oxygens (including phenoxy) is 1. The first-order valence-electron chi connectivity index (χ1n) is 6.69. The molecule has 0 atom stereocenters. The van der Waals surface area contributed by atoms with Crippen LogP contribution in [0.25, 0.3) is 0 Å². The number of hydrogen-bond acceptors (Lipinski definition) is 3. The summed E-state index contributed by atoms with van der Waals surface area (Å²) >= 11 is 0. The second-order valence-electron chi connectivity index (χ2n) is 4.45. The number of anilines is 1. The molecule has 20 heavy (non-hydrogen) atoms. The topological polar surface area (TPSA) is 51.2 Å². The molecule has 0 aliphatic rings. The summed E-state index contributed by atoms with van der Waals surface area (Å²) in [5, 5.41) is 2.86. The molecule has 0 saturated heterocycles. The molecule has 0 unspecified atom stereocenters. The molecule has 1 heterocycles. The highest BCUT2D eigenvalue weighted by atomic mass is 16.5. The van der Waals surface area contributed by atoms with Crippen LogP contribution >= 0.6 is 0 Å². The zero-order chi connectivity index (χ0) is 14.2. The monoisotopic (exact) mass is 270 g/mol. The Morgan fingerprint density at radius 2 is 1.85 bits per heavy atom. The first kappa shape index (κ1) is 14.1. The van der Waals surface area contributed by atoms with Crippen molar-refractivity contribution in [2.24, 2.45) is 0 Å². The summed E-state index contributed by atoms with van der Waals surface area (Å²) in [7, 11) is 0. The van der Waals surface area contributed by atoms with Crippen molar-refractivity contribution in [1.29, 1.82) is 0 Å². The van der Waals surface area contributed by atoms with Crippen LogP contribution in [-0.2, 0) is 11.2 Å². The third-order valence-electron chi connectivity index (χ3n) is 2.72. The Hall–Kier alpha value is -2.36. The molecule has 4 nitrogen and oxygen atoms in total. The van der Waals surface area contributed by atoms with Gasteiger partial charge in [-0.25, -0.2) is 0 Å². The molecule has 4 heteroatoms. The Kier molecular flexibility index (Phi) is 5.12. The minimum atomic E-state index is -0.0431. The average molecular weight is 270 g/mol. The summed E-state index contributed by atoms with van der Waals surface area (Å²) in [6.45, 7) is 2.77. The quantitative estimate of drug-likeness (QED) is 0.877. The van der Waals surface area contributed by atoms with Crippen molar-refractivity contribution in [2.45, 2.75) is 19.8 Å². The number of nitrogens with one attached hydrogen (secondary N) is 1. The van der Waals surface area contributed by atoms with Gasteiger partial charge in [-0.1, -0.05) is 6.92 Å². The number of carbonyl (C=O) groups excluding carboxylic acids is 1. The van der Waals surface area contributed by atoms with Gasteiger partial charge in [0.25, 0.3) is 0 Å². The van der Waals surface area contributed by atoms with Crippen LogP contribution in [0.3, 0.4) is 0 Å². The number of carbonyl (C=O) groups is 1. The van der Waals surface area contributed by atoms with Gasteiger partial charge in [-0.15, -0.1) is 0 Å². The van der Waals surface area contributed by atoms with Gasteiger partial charge in [-0.3, -0.25) is 9.78 Å². The molecule has 0 aliphatic heterocycles. The summed E-state index contributed by atoms with van der Waals surface area (Å²) in [4.78, 5) is 15.8. The molecule has 104 valence electrons. The zero-order valence-electron chi connectivity index (χ0n) is 11.5. The number of aromatic nitrogens is 1. The van der Waals surface area contributed by atoms with Gasteiger partial charge in [0.1, 0.15) is 5.75 Å². The van der Waals surface area contributed by atoms with E-state index in [1.54, 1.807) is 12.4 Å². The normalized spacial score (nSPS) is 10.1. The molecule has 1 aromatic carbocycles. The van der Waals surface area contributed by atoms with Crippen molar-refractivity contribution < 1.29 is 9.53 Å². The number of pyridine rings is 1. The largest absolute Gasteiger partial charge is 0.494 e. The molecular weight excluding hydrogens is 252 g/mol. The third-order valence-corrected chi connectivity index (χ3v) is 2.72.